The van der Waals surface area contributed by atoms with Crippen LogP contribution < -0.4 is 0 Å². The van der Waals surface area contributed by atoms with E-state index in [1.807, 2.05) is 11.8 Å². The SMILES string of the molecule is CC(C(=O)C1CCCCS1)C1CC1. The number of ketones is 1. The molecule has 0 amide bonds. The molecule has 2 atom stereocenters. The van der Waals surface area contributed by atoms with Crippen molar-refractivity contribution in [3.63, 3.8) is 0 Å². The minimum atomic E-state index is 0.351. The Morgan fingerprint density at radius 2 is 2.08 bits per heavy atom. The molecular weight excluding hydrogens is 180 g/mol. The van der Waals surface area contributed by atoms with Crippen LogP contribution in [-0.4, -0.2) is 16.8 Å². The standard InChI is InChI=1S/C11H18OS/c1-8(9-5-6-9)11(12)10-4-2-3-7-13-10/h8-10H,2-7H2,1H3. The topological polar surface area (TPSA) is 17.1 Å². The predicted molar refractivity (Wildman–Crippen MR) is 57.0 cm³/mol. The van der Waals surface area contributed by atoms with Gasteiger partial charge in [-0.2, -0.15) is 11.8 Å². The number of rotatable bonds is 3. The van der Waals surface area contributed by atoms with E-state index in [0.29, 0.717) is 17.0 Å². The minimum Gasteiger partial charge on any atom is -0.298 e. The van der Waals surface area contributed by atoms with E-state index in [1.165, 1.54) is 31.4 Å². The maximum Gasteiger partial charge on any atom is 0.148 e. The second-order valence-electron chi connectivity index (χ2n) is 4.38. The fourth-order valence-electron chi connectivity index (χ4n) is 2.09. The zero-order valence-corrected chi connectivity index (χ0v) is 9.11. The van der Waals surface area contributed by atoms with Crippen molar-refractivity contribution in [3.8, 4) is 0 Å². The third kappa shape index (κ3) is 2.28. The third-order valence-corrected chi connectivity index (χ3v) is 4.67. The molecule has 1 aliphatic carbocycles. The molecule has 2 fully saturated rings. The quantitative estimate of drug-likeness (QED) is 0.693. The van der Waals surface area contributed by atoms with Crippen LogP contribution in [0.5, 0.6) is 0 Å². The van der Waals surface area contributed by atoms with Crippen molar-refractivity contribution in [3.05, 3.63) is 0 Å². The minimum absolute atomic E-state index is 0.351. The molecule has 1 nitrogen and oxygen atoms in total. The van der Waals surface area contributed by atoms with Gasteiger partial charge in [0, 0.05) is 5.92 Å². The lowest BCUT2D eigenvalue weighted by Gasteiger charge is -2.22. The summed E-state index contributed by atoms with van der Waals surface area (Å²) in [7, 11) is 0. The number of hydrogen-bond acceptors (Lipinski definition) is 2. The molecule has 13 heavy (non-hydrogen) atoms. The van der Waals surface area contributed by atoms with Crippen LogP contribution in [0.2, 0.25) is 0 Å². The van der Waals surface area contributed by atoms with Gasteiger partial charge in [0.2, 0.25) is 0 Å². The number of Topliss-reactive ketones (excluding diaryl/α,β-unsaturated/α-hetero) is 1. The summed E-state index contributed by atoms with van der Waals surface area (Å²) in [4.78, 5) is 12.0. The fraction of sp³-hybridized carbons (Fsp3) is 0.909. The lowest BCUT2D eigenvalue weighted by molar-refractivity contribution is -0.122. The molecule has 1 saturated heterocycles. The summed E-state index contributed by atoms with van der Waals surface area (Å²) in [5.74, 6) is 2.85. The van der Waals surface area contributed by atoms with Gasteiger partial charge in [0.15, 0.2) is 0 Å². The molecule has 1 saturated carbocycles. The number of carbonyl (C=O) groups is 1. The molecule has 0 aromatic carbocycles. The van der Waals surface area contributed by atoms with Crippen LogP contribution >= 0.6 is 11.8 Å². The highest BCUT2D eigenvalue weighted by Crippen LogP contribution is 2.39. The smallest absolute Gasteiger partial charge is 0.148 e. The predicted octanol–water partition coefficient (Wildman–Crippen LogP) is 2.89. The number of carbonyl (C=O) groups excluding carboxylic acids is 1. The van der Waals surface area contributed by atoms with Crippen molar-refractivity contribution in [1.82, 2.24) is 0 Å². The fourth-order valence-corrected chi connectivity index (χ4v) is 3.45. The highest BCUT2D eigenvalue weighted by atomic mass is 32.2. The third-order valence-electron chi connectivity index (χ3n) is 3.27. The average molecular weight is 198 g/mol. The second kappa shape index (κ2) is 4.04. The van der Waals surface area contributed by atoms with Crippen molar-refractivity contribution in [2.24, 2.45) is 11.8 Å². The maximum absolute atomic E-state index is 12.0. The molecule has 0 spiro atoms. The van der Waals surface area contributed by atoms with E-state index in [-0.39, 0.29) is 0 Å². The first-order valence-corrected chi connectivity index (χ1v) is 6.49. The van der Waals surface area contributed by atoms with Gasteiger partial charge < -0.3 is 0 Å². The van der Waals surface area contributed by atoms with Crippen LogP contribution in [0.3, 0.4) is 0 Å². The largest absolute Gasteiger partial charge is 0.298 e. The van der Waals surface area contributed by atoms with Crippen LogP contribution in [0.25, 0.3) is 0 Å². The van der Waals surface area contributed by atoms with Crippen LogP contribution in [0.4, 0.5) is 0 Å². The first-order chi connectivity index (χ1) is 6.29. The Kier molecular flexibility index (Phi) is 2.97. The summed E-state index contributed by atoms with van der Waals surface area (Å²) in [5, 5.41) is 0.351. The molecule has 1 heterocycles. The number of hydrogen-bond donors (Lipinski definition) is 0. The monoisotopic (exact) mass is 198 g/mol. The summed E-state index contributed by atoms with van der Waals surface area (Å²) < 4.78 is 0. The Labute approximate surface area is 84.7 Å². The molecule has 2 unspecified atom stereocenters. The van der Waals surface area contributed by atoms with Gasteiger partial charge in [-0.25, -0.2) is 0 Å². The average Bonchev–Trinajstić information content (AvgIpc) is 3.00. The van der Waals surface area contributed by atoms with Crippen molar-refractivity contribution in [2.75, 3.05) is 5.75 Å². The van der Waals surface area contributed by atoms with Crippen molar-refractivity contribution < 1.29 is 4.79 Å². The summed E-state index contributed by atoms with van der Waals surface area (Å²) in [5.41, 5.74) is 0. The van der Waals surface area contributed by atoms with E-state index in [0.717, 1.165) is 12.3 Å². The molecule has 0 aromatic heterocycles. The lowest BCUT2D eigenvalue weighted by atomic mass is 9.96. The van der Waals surface area contributed by atoms with E-state index in [1.54, 1.807) is 0 Å². The lowest BCUT2D eigenvalue weighted by Crippen LogP contribution is -2.27. The van der Waals surface area contributed by atoms with Gasteiger partial charge in [0.05, 0.1) is 5.25 Å². The van der Waals surface area contributed by atoms with Crippen LogP contribution in [-0.2, 0) is 4.79 Å². The number of thioether (sulfide) groups is 1. The highest BCUT2D eigenvalue weighted by molar-refractivity contribution is 8.00. The van der Waals surface area contributed by atoms with Gasteiger partial charge in [-0.1, -0.05) is 13.3 Å². The van der Waals surface area contributed by atoms with E-state index >= 15 is 0 Å². The van der Waals surface area contributed by atoms with Crippen molar-refractivity contribution >= 4 is 17.5 Å². The van der Waals surface area contributed by atoms with Gasteiger partial charge >= 0.3 is 0 Å². The molecule has 2 rings (SSSR count). The van der Waals surface area contributed by atoms with Gasteiger partial charge in [0.25, 0.3) is 0 Å². The van der Waals surface area contributed by atoms with Crippen LogP contribution in [0, 0.1) is 11.8 Å². The summed E-state index contributed by atoms with van der Waals surface area (Å²) in [6.07, 6.45) is 6.31. The normalized spacial score (nSPS) is 31.3. The Bertz CT molecular complexity index is 192. The molecule has 0 aromatic rings. The van der Waals surface area contributed by atoms with Crippen molar-refractivity contribution in [2.45, 2.75) is 44.3 Å². The molecule has 1 aliphatic heterocycles. The Hall–Kier alpha value is 0.0200. The Morgan fingerprint density at radius 1 is 1.31 bits per heavy atom. The molecule has 0 radical (unpaired) electrons. The summed E-state index contributed by atoms with van der Waals surface area (Å²) >= 11 is 1.90. The molecule has 74 valence electrons. The van der Waals surface area contributed by atoms with Crippen LogP contribution in [0.15, 0.2) is 0 Å². The summed E-state index contributed by atoms with van der Waals surface area (Å²) in [6.45, 7) is 2.13. The van der Waals surface area contributed by atoms with Gasteiger partial charge in [-0.15, -0.1) is 0 Å². The first kappa shape index (κ1) is 9.57. The van der Waals surface area contributed by atoms with E-state index in [9.17, 15) is 4.79 Å². The molecule has 0 N–H and O–H groups in total. The Balaban J connectivity index is 1.86. The first-order valence-electron chi connectivity index (χ1n) is 5.44. The van der Waals surface area contributed by atoms with E-state index in [2.05, 4.69) is 6.92 Å². The highest BCUT2D eigenvalue weighted by Gasteiger charge is 2.36. The van der Waals surface area contributed by atoms with Gasteiger partial charge in [0.1, 0.15) is 5.78 Å². The maximum atomic E-state index is 12.0. The molecule has 2 aliphatic rings. The van der Waals surface area contributed by atoms with Crippen molar-refractivity contribution in [1.29, 1.82) is 0 Å². The zero-order chi connectivity index (χ0) is 9.26. The van der Waals surface area contributed by atoms with Gasteiger partial charge in [-0.05, 0) is 37.4 Å². The molecule has 0 bridgehead atoms. The van der Waals surface area contributed by atoms with E-state index in [4.69, 9.17) is 0 Å². The van der Waals surface area contributed by atoms with Crippen LogP contribution in [0.1, 0.15) is 39.0 Å². The zero-order valence-electron chi connectivity index (χ0n) is 8.29. The summed E-state index contributed by atoms with van der Waals surface area (Å²) in [6, 6.07) is 0. The van der Waals surface area contributed by atoms with E-state index < -0.39 is 0 Å². The van der Waals surface area contributed by atoms with Gasteiger partial charge in [-0.3, -0.25) is 4.79 Å². The molecule has 2 heteroatoms. The Morgan fingerprint density at radius 3 is 2.62 bits per heavy atom. The molecular formula is C11H18OS. The second-order valence-corrected chi connectivity index (χ2v) is 5.69.